The summed E-state index contributed by atoms with van der Waals surface area (Å²) in [6.45, 7) is 11.5. The molecular weight excluding hydrogens is 460 g/mol. The highest BCUT2D eigenvalue weighted by molar-refractivity contribution is 5.75. The van der Waals surface area contributed by atoms with E-state index in [1.807, 2.05) is 0 Å². The van der Waals surface area contributed by atoms with Crippen molar-refractivity contribution >= 4 is 5.91 Å². The van der Waals surface area contributed by atoms with E-state index in [2.05, 4.69) is 36.7 Å². The zero-order valence-corrected chi connectivity index (χ0v) is 24.4. The topological polar surface area (TPSA) is 99.4 Å². The molecule has 214 valence electrons. The molecule has 0 aliphatic heterocycles. The second-order valence-corrected chi connectivity index (χ2v) is 13.9. The molecule has 0 bridgehead atoms. The number of nitrogens with one attached hydrogen (secondary N) is 3. The van der Waals surface area contributed by atoms with Gasteiger partial charge in [0.25, 0.3) is 0 Å². The maximum Gasteiger partial charge on any atom is 0.219 e. The molecule has 0 saturated heterocycles. The van der Waals surface area contributed by atoms with Crippen molar-refractivity contribution in [2.45, 2.75) is 110 Å². The van der Waals surface area contributed by atoms with Gasteiger partial charge in [-0.25, -0.2) is 0 Å². The maximum atomic E-state index is 11.9. The monoisotopic (exact) mass is 518 g/mol. The highest BCUT2D eigenvalue weighted by Crippen LogP contribution is 2.68. The summed E-state index contributed by atoms with van der Waals surface area (Å²) >= 11 is 0. The Bertz CT molecular complexity index is 749. The number of rotatable bonds is 12. The lowest BCUT2D eigenvalue weighted by molar-refractivity contribution is -0.167. The van der Waals surface area contributed by atoms with Gasteiger partial charge in [0.05, 0.1) is 6.10 Å². The molecule has 37 heavy (non-hydrogen) atoms. The third kappa shape index (κ3) is 6.07. The van der Waals surface area contributed by atoms with Crippen LogP contribution in [0.2, 0.25) is 0 Å². The Balaban J connectivity index is 1.34. The lowest BCUT2D eigenvalue weighted by Crippen LogP contribution is -2.59. The Morgan fingerprint density at radius 2 is 1.73 bits per heavy atom. The summed E-state index contributed by atoms with van der Waals surface area (Å²) in [5.41, 5.74) is 6.28. The van der Waals surface area contributed by atoms with Gasteiger partial charge in [0.2, 0.25) is 5.91 Å². The fraction of sp³-hybridized carbons (Fsp3) is 0.968. The molecule has 0 radical (unpaired) electrons. The Morgan fingerprint density at radius 3 is 2.49 bits per heavy atom. The van der Waals surface area contributed by atoms with E-state index in [0.717, 1.165) is 45.4 Å². The molecule has 4 aliphatic rings. The van der Waals surface area contributed by atoms with Gasteiger partial charge >= 0.3 is 0 Å². The molecule has 0 heterocycles. The van der Waals surface area contributed by atoms with E-state index >= 15 is 0 Å². The number of carbonyl (C=O) groups is 1. The van der Waals surface area contributed by atoms with E-state index in [1.54, 1.807) is 7.05 Å². The minimum Gasteiger partial charge on any atom is -0.393 e. The zero-order chi connectivity index (χ0) is 26.6. The molecule has 0 aromatic carbocycles. The third-order valence-corrected chi connectivity index (χ3v) is 12.1. The molecule has 4 unspecified atom stereocenters. The van der Waals surface area contributed by atoms with Gasteiger partial charge in [-0.05, 0) is 143 Å². The average Bonchev–Trinajstić information content (AvgIpc) is 3.24. The summed E-state index contributed by atoms with van der Waals surface area (Å²) in [6.07, 6.45) is 13.7. The highest BCUT2D eigenvalue weighted by Gasteiger charge is 2.62. The maximum absolute atomic E-state index is 11.9. The fourth-order valence-electron chi connectivity index (χ4n) is 9.94. The van der Waals surface area contributed by atoms with E-state index in [9.17, 15) is 9.90 Å². The first-order valence-electron chi connectivity index (χ1n) is 15.8. The van der Waals surface area contributed by atoms with Gasteiger partial charge in [0.1, 0.15) is 0 Å². The smallest absolute Gasteiger partial charge is 0.219 e. The lowest BCUT2D eigenvalue weighted by Gasteiger charge is -2.62. The normalized spacial score (nSPS) is 41.9. The SMILES string of the molecule is CNC(=O)CC[C@@H](C)[C@H]1CCC2C3C(CC[C@@]21C)[C@@]1(C)CC[C@H](NCCCNCCCN)CC1C[C@H]3O. The quantitative estimate of drug-likeness (QED) is 0.251. The predicted octanol–water partition coefficient (Wildman–Crippen LogP) is 4.07. The highest BCUT2D eigenvalue weighted by atomic mass is 16.3. The van der Waals surface area contributed by atoms with Crippen molar-refractivity contribution in [1.29, 1.82) is 0 Å². The summed E-state index contributed by atoms with van der Waals surface area (Å²) in [6, 6.07) is 0.608. The number of amides is 1. The van der Waals surface area contributed by atoms with Crippen LogP contribution in [0.15, 0.2) is 0 Å². The molecule has 4 rings (SSSR count). The molecule has 4 aliphatic carbocycles. The number of aliphatic hydroxyl groups excluding tert-OH is 1. The minimum atomic E-state index is -0.141. The number of carbonyl (C=O) groups excluding carboxylic acids is 1. The van der Waals surface area contributed by atoms with Crippen molar-refractivity contribution in [2.75, 3.05) is 33.2 Å². The summed E-state index contributed by atoms with van der Waals surface area (Å²) in [4.78, 5) is 11.9. The number of hydrogen-bond acceptors (Lipinski definition) is 5. The van der Waals surface area contributed by atoms with Gasteiger partial charge in [-0.2, -0.15) is 0 Å². The first kappa shape index (κ1) is 29.3. The van der Waals surface area contributed by atoms with E-state index in [0.29, 0.717) is 58.8 Å². The molecular formula is C31H58N4O2. The minimum absolute atomic E-state index is 0.141. The van der Waals surface area contributed by atoms with Crippen LogP contribution >= 0.6 is 0 Å². The summed E-state index contributed by atoms with van der Waals surface area (Å²) < 4.78 is 0. The first-order valence-corrected chi connectivity index (χ1v) is 15.8. The van der Waals surface area contributed by atoms with Crippen LogP contribution in [0.1, 0.15) is 97.8 Å². The van der Waals surface area contributed by atoms with Gasteiger partial charge in [0.15, 0.2) is 0 Å². The van der Waals surface area contributed by atoms with Crippen molar-refractivity contribution in [3.63, 3.8) is 0 Å². The van der Waals surface area contributed by atoms with Crippen LogP contribution in [0.3, 0.4) is 0 Å². The van der Waals surface area contributed by atoms with Crippen molar-refractivity contribution in [3.05, 3.63) is 0 Å². The van der Waals surface area contributed by atoms with Gasteiger partial charge in [-0.1, -0.05) is 20.8 Å². The molecule has 1 amide bonds. The van der Waals surface area contributed by atoms with Gasteiger partial charge < -0.3 is 26.8 Å². The molecule has 4 fully saturated rings. The van der Waals surface area contributed by atoms with Crippen LogP contribution in [0.5, 0.6) is 0 Å². The van der Waals surface area contributed by atoms with Gasteiger partial charge in [0, 0.05) is 19.5 Å². The summed E-state index contributed by atoms with van der Waals surface area (Å²) in [7, 11) is 1.74. The Labute approximate surface area is 227 Å². The summed E-state index contributed by atoms with van der Waals surface area (Å²) in [5, 5.41) is 21.8. The van der Waals surface area contributed by atoms with Crippen molar-refractivity contribution in [1.82, 2.24) is 16.0 Å². The largest absolute Gasteiger partial charge is 0.393 e. The molecule has 0 spiro atoms. The Hall–Kier alpha value is -0.690. The molecule has 0 aromatic heterocycles. The van der Waals surface area contributed by atoms with Crippen LogP contribution in [0.4, 0.5) is 0 Å². The Kier molecular flexibility index (Phi) is 10.0. The zero-order valence-electron chi connectivity index (χ0n) is 24.4. The van der Waals surface area contributed by atoms with Crippen molar-refractivity contribution in [2.24, 2.45) is 52.1 Å². The molecule has 10 atom stereocenters. The van der Waals surface area contributed by atoms with Crippen LogP contribution < -0.4 is 21.7 Å². The Morgan fingerprint density at radius 1 is 1.00 bits per heavy atom. The third-order valence-electron chi connectivity index (χ3n) is 12.1. The molecule has 0 aromatic rings. The number of hydrogen-bond donors (Lipinski definition) is 5. The first-order chi connectivity index (χ1) is 17.7. The van der Waals surface area contributed by atoms with Crippen LogP contribution in [0, 0.1) is 46.3 Å². The van der Waals surface area contributed by atoms with Crippen LogP contribution in [-0.4, -0.2) is 56.4 Å². The van der Waals surface area contributed by atoms with Gasteiger partial charge in [-0.3, -0.25) is 4.79 Å². The molecule has 4 saturated carbocycles. The number of aliphatic hydroxyl groups is 1. The van der Waals surface area contributed by atoms with Crippen LogP contribution in [-0.2, 0) is 4.79 Å². The van der Waals surface area contributed by atoms with Crippen molar-refractivity contribution < 1.29 is 9.90 Å². The van der Waals surface area contributed by atoms with E-state index < -0.39 is 0 Å². The van der Waals surface area contributed by atoms with E-state index in [1.165, 1.54) is 51.4 Å². The van der Waals surface area contributed by atoms with Crippen LogP contribution in [0.25, 0.3) is 0 Å². The predicted molar refractivity (Wildman–Crippen MR) is 152 cm³/mol. The lowest BCUT2D eigenvalue weighted by atomic mass is 9.43. The van der Waals surface area contributed by atoms with E-state index in [-0.39, 0.29) is 12.0 Å². The van der Waals surface area contributed by atoms with Crippen molar-refractivity contribution in [3.8, 4) is 0 Å². The molecule has 6 N–H and O–H groups in total. The molecule has 6 heteroatoms. The van der Waals surface area contributed by atoms with E-state index in [4.69, 9.17) is 5.73 Å². The number of nitrogens with two attached hydrogens (primary N) is 1. The molecule has 6 nitrogen and oxygen atoms in total. The van der Waals surface area contributed by atoms with Gasteiger partial charge in [-0.15, -0.1) is 0 Å². The second kappa shape index (κ2) is 12.7. The second-order valence-electron chi connectivity index (χ2n) is 13.9. The number of fused-ring (bicyclic) bond motifs is 5. The fourth-order valence-corrected chi connectivity index (χ4v) is 9.94. The average molecular weight is 519 g/mol. The summed E-state index contributed by atoms with van der Waals surface area (Å²) in [5.74, 6) is 3.86. The standard InChI is InChI=1S/C31H58N4O2/c1-21(7-10-28(37)33-4)24-8-9-25-29-26(12-14-31(24,25)3)30(2)13-11-23(19-22(30)20-27(29)36)35-18-6-17-34-16-5-15-32/h21-27,29,34-36H,5-20,32H2,1-4H3,(H,33,37)/t21-,22?,23+,24-,25?,26?,27-,29?,30+,31-/m1/s1.